The molecule has 0 aliphatic carbocycles. The van der Waals surface area contributed by atoms with E-state index in [2.05, 4.69) is 21.9 Å². The standard InChI is InChI=1S/C19H26N6O2/c1-22-7-4-15-16(5-8-22)21-17-2-6-20-25(17)18(15)24-10-13(11-24)19(27)23-9-3-14(26)12-23/h2,6,13-14,26H,3-5,7-12H2,1H3. The van der Waals surface area contributed by atoms with Gasteiger partial charge in [-0.15, -0.1) is 0 Å². The first kappa shape index (κ1) is 16.9. The molecule has 0 bridgehead atoms. The lowest BCUT2D eigenvalue weighted by Gasteiger charge is -2.42. The predicted octanol–water partition coefficient (Wildman–Crippen LogP) is -0.211. The molecule has 0 spiro atoms. The second kappa shape index (κ2) is 6.45. The maximum atomic E-state index is 12.7. The van der Waals surface area contributed by atoms with Gasteiger partial charge in [-0.3, -0.25) is 4.79 Å². The van der Waals surface area contributed by atoms with E-state index in [1.807, 2.05) is 15.5 Å². The van der Waals surface area contributed by atoms with E-state index in [0.29, 0.717) is 32.6 Å². The lowest BCUT2D eigenvalue weighted by Crippen LogP contribution is -2.55. The van der Waals surface area contributed by atoms with E-state index in [1.165, 1.54) is 11.3 Å². The fourth-order valence-electron chi connectivity index (χ4n) is 4.51. The van der Waals surface area contributed by atoms with Crippen LogP contribution < -0.4 is 4.90 Å². The molecule has 2 saturated heterocycles. The Kier molecular flexibility index (Phi) is 4.05. The van der Waals surface area contributed by atoms with Gasteiger partial charge in [-0.2, -0.15) is 9.61 Å². The summed E-state index contributed by atoms with van der Waals surface area (Å²) in [4.78, 5) is 24.0. The smallest absolute Gasteiger partial charge is 0.229 e. The van der Waals surface area contributed by atoms with Gasteiger partial charge < -0.3 is 19.8 Å². The monoisotopic (exact) mass is 370 g/mol. The molecular formula is C19H26N6O2. The Morgan fingerprint density at radius 3 is 2.78 bits per heavy atom. The highest BCUT2D eigenvalue weighted by atomic mass is 16.3. The number of likely N-dealkylation sites (N-methyl/N-ethyl adjacent to an activating group) is 1. The van der Waals surface area contributed by atoms with Crippen molar-refractivity contribution in [1.82, 2.24) is 24.4 Å². The Morgan fingerprint density at radius 2 is 2.00 bits per heavy atom. The van der Waals surface area contributed by atoms with Gasteiger partial charge in [0.15, 0.2) is 5.65 Å². The molecule has 1 atom stereocenters. The van der Waals surface area contributed by atoms with E-state index in [1.54, 1.807) is 6.20 Å². The lowest BCUT2D eigenvalue weighted by atomic mass is 9.97. The molecule has 1 N–H and O–H groups in total. The van der Waals surface area contributed by atoms with Gasteiger partial charge in [0, 0.05) is 57.3 Å². The van der Waals surface area contributed by atoms with Crippen LogP contribution in [0.5, 0.6) is 0 Å². The van der Waals surface area contributed by atoms with Crippen LogP contribution in [0.4, 0.5) is 5.82 Å². The van der Waals surface area contributed by atoms with Gasteiger partial charge in [0.25, 0.3) is 0 Å². The first-order valence-corrected chi connectivity index (χ1v) is 9.86. The van der Waals surface area contributed by atoms with E-state index in [0.717, 1.165) is 37.4 Å². The molecule has 5 rings (SSSR count). The maximum Gasteiger partial charge on any atom is 0.229 e. The SMILES string of the molecule is CN1CCc2nc3ccnn3c(N3CC(C(=O)N4CCC(O)C4)C3)c2CC1. The summed E-state index contributed by atoms with van der Waals surface area (Å²) in [6.07, 6.45) is 4.04. The Morgan fingerprint density at radius 1 is 1.19 bits per heavy atom. The third kappa shape index (κ3) is 2.87. The van der Waals surface area contributed by atoms with Crippen molar-refractivity contribution in [2.75, 3.05) is 51.2 Å². The topological polar surface area (TPSA) is 77.2 Å². The molecule has 27 heavy (non-hydrogen) atoms. The number of carbonyl (C=O) groups is 1. The number of aromatic nitrogens is 3. The van der Waals surface area contributed by atoms with Crippen LogP contribution in [0.1, 0.15) is 17.7 Å². The zero-order chi connectivity index (χ0) is 18.5. The number of aliphatic hydroxyl groups is 1. The number of carbonyl (C=O) groups excluding carboxylic acids is 1. The molecule has 8 heteroatoms. The number of anilines is 1. The third-order valence-electron chi connectivity index (χ3n) is 6.17. The highest BCUT2D eigenvalue weighted by Gasteiger charge is 2.39. The second-order valence-electron chi connectivity index (χ2n) is 8.09. The van der Waals surface area contributed by atoms with E-state index in [4.69, 9.17) is 4.98 Å². The molecule has 5 heterocycles. The van der Waals surface area contributed by atoms with Crippen molar-refractivity contribution in [3.63, 3.8) is 0 Å². The minimum Gasteiger partial charge on any atom is -0.391 e. The van der Waals surface area contributed by atoms with Gasteiger partial charge in [0.05, 0.1) is 23.9 Å². The van der Waals surface area contributed by atoms with Crippen LogP contribution in [0.15, 0.2) is 12.3 Å². The van der Waals surface area contributed by atoms with Crippen molar-refractivity contribution in [1.29, 1.82) is 0 Å². The van der Waals surface area contributed by atoms with Gasteiger partial charge in [-0.1, -0.05) is 0 Å². The first-order valence-electron chi connectivity index (χ1n) is 9.86. The van der Waals surface area contributed by atoms with Crippen molar-refractivity contribution < 1.29 is 9.90 Å². The van der Waals surface area contributed by atoms with Gasteiger partial charge in [-0.25, -0.2) is 4.98 Å². The lowest BCUT2D eigenvalue weighted by molar-refractivity contribution is -0.135. The van der Waals surface area contributed by atoms with E-state index < -0.39 is 0 Å². The van der Waals surface area contributed by atoms with Crippen LogP contribution in [0.3, 0.4) is 0 Å². The zero-order valence-electron chi connectivity index (χ0n) is 15.7. The van der Waals surface area contributed by atoms with E-state index in [-0.39, 0.29) is 17.9 Å². The quantitative estimate of drug-likeness (QED) is 0.788. The summed E-state index contributed by atoms with van der Waals surface area (Å²) in [6.45, 7) is 4.62. The summed E-state index contributed by atoms with van der Waals surface area (Å²) in [6, 6.07) is 1.95. The minimum atomic E-state index is -0.359. The summed E-state index contributed by atoms with van der Waals surface area (Å²) in [7, 11) is 2.15. The molecular weight excluding hydrogens is 344 g/mol. The Labute approximate surface area is 158 Å². The number of β-amino-alcohol motifs (C(OH)–C–C–N with tert-alkyl or cyclic N) is 1. The number of hydrogen-bond donors (Lipinski definition) is 1. The average Bonchev–Trinajstić information content (AvgIpc) is 3.21. The molecule has 2 fully saturated rings. The van der Waals surface area contributed by atoms with Crippen LogP contribution >= 0.6 is 0 Å². The number of likely N-dealkylation sites (tertiary alicyclic amines) is 1. The van der Waals surface area contributed by atoms with Gasteiger partial charge in [0.1, 0.15) is 5.82 Å². The predicted molar refractivity (Wildman–Crippen MR) is 101 cm³/mol. The molecule has 2 aromatic rings. The fraction of sp³-hybridized carbons (Fsp3) is 0.632. The highest BCUT2D eigenvalue weighted by molar-refractivity contribution is 5.82. The molecule has 144 valence electrons. The summed E-state index contributed by atoms with van der Waals surface area (Å²) in [5.74, 6) is 1.30. The van der Waals surface area contributed by atoms with Crippen molar-refractivity contribution >= 4 is 17.4 Å². The number of nitrogens with zero attached hydrogens (tertiary/aromatic N) is 6. The average molecular weight is 370 g/mol. The third-order valence-corrected chi connectivity index (χ3v) is 6.17. The Hall–Kier alpha value is -2.19. The molecule has 2 aromatic heterocycles. The fourth-order valence-corrected chi connectivity index (χ4v) is 4.51. The van der Waals surface area contributed by atoms with E-state index in [9.17, 15) is 9.90 Å². The Bertz CT molecular complexity index is 874. The highest BCUT2D eigenvalue weighted by Crippen LogP contribution is 2.33. The summed E-state index contributed by atoms with van der Waals surface area (Å²) < 4.78 is 1.93. The van der Waals surface area contributed by atoms with Crippen LogP contribution in [0, 0.1) is 5.92 Å². The zero-order valence-corrected chi connectivity index (χ0v) is 15.7. The molecule has 8 nitrogen and oxygen atoms in total. The van der Waals surface area contributed by atoms with Gasteiger partial charge >= 0.3 is 0 Å². The molecule has 0 aromatic carbocycles. The molecule has 3 aliphatic heterocycles. The molecule has 0 saturated carbocycles. The number of aliphatic hydroxyl groups excluding tert-OH is 1. The normalized spacial score (nSPS) is 24.1. The number of rotatable bonds is 2. The van der Waals surface area contributed by atoms with Gasteiger partial charge in [-0.05, 0) is 19.9 Å². The van der Waals surface area contributed by atoms with Crippen LogP contribution in [0.25, 0.3) is 5.65 Å². The van der Waals surface area contributed by atoms with Crippen molar-refractivity contribution in [2.24, 2.45) is 5.92 Å². The summed E-state index contributed by atoms with van der Waals surface area (Å²) in [5.41, 5.74) is 3.32. The largest absolute Gasteiger partial charge is 0.391 e. The minimum absolute atomic E-state index is 0.0122. The number of amides is 1. The van der Waals surface area contributed by atoms with Crippen molar-refractivity contribution in [3.8, 4) is 0 Å². The Balaban J connectivity index is 1.41. The van der Waals surface area contributed by atoms with E-state index >= 15 is 0 Å². The molecule has 1 unspecified atom stereocenters. The summed E-state index contributed by atoms with van der Waals surface area (Å²) >= 11 is 0. The van der Waals surface area contributed by atoms with Crippen LogP contribution in [-0.4, -0.2) is 87.8 Å². The number of fused-ring (bicyclic) bond motifs is 2. The molecule has 1 amide bonds. The number of hydrogen-bond acceptors (Lipinski definition) is 6. The van der Waals surface area contributed by atoms with Crippen molar-refractivity contribution in [3.05, 3.63) is 23.5 Å². The van der Waals surface area contributed by atoms with Crippen LogP contribution in [0.2, 0.25) is 0 Å². The first-order chi connectivity index (χ1) is 13.1. The van der Waals surface area contributed by atoms with Crippen molar-refractivity contribution in [2.45, 2.75) is 25.4 Å². The maximum absolute atomic E-state index is 12.7. The second-order valence-corrected chi connectivity index (χ2v) is 8.09. The van der Waals surface area contributed by atoms with Gasteiger partial charge in [0.2, 0.25) is 5.91 Å². The summed E-state index contributed by atoms with van der Waals surface area (Å²) in [5, 5.41) is 14.2. The molecule has 3 aliphatic rings. The van der Waals surface area contributed by atoms with Crippen LogP contribution in [-0.2, 0) is 17.6 Å². The molecule has 0 radical (unpaired) electrons.